The van der Waals surface area contributed by atoms with Crippen LogP contribution in [0.3, 0.4) is 0 Å². The molecule has 0 aliphatic rings. The summed E-state index contributed by atoms with van der Waals surface area (Å²) >= 11 is 0. The number of nitrogens with two attached hydrogens (primary N) is 2. The Morgan fingerprint density at radius 1 is 1.07 bits per heavy atom. The number of aromatic nitrogens is 2. The van der Waals surface area contributed by atoms with Gasteiger partial charge in [-0.15, -0.1) is 0 Å². The third-order valence-corrected chi connectivity index (χ3v) is 4.65. The topological polar surface area (TPSA) is 123 Å². The molecule has 164 valence electrons. The van der Waals surface area contributed by atoms with E-state index in [0.717, 1.165) is 54.7 Å². The number of ether oxygens (including phenoxy) is 3. The van der Waals surface area contributed by atoms with E-state index in [1.54, 1.807) is 13.3 Å². The van der Waals surface area contributed by atoms with Crippen LogP contribution in [0.5, 0.6) is 11.5 Å². The molecule has 0 unspecified atom stereocenters. The van der Waals surface area contributed by atoms with E-state index in [4.69, 9.17) is 25.7 Å². The molecule has 1 aromatic heterocycles. The molecule has 0 saturated carbocycles. The molecule has 4 N–H and O–H groups in total. The van der Waals surface area contributed by atoms with E-state index >= 15 is 0 Å². The standard InChI is InChI=1S/C22H32N4O4/c1-3-29-20(27)9-7-5-4-6-8-12-30-18-10-11-19(28-2)16(14-18)13-17-15-25-22(24)26-21(17)23/h10-11,14-15H,3-9,12-13H2,1-2H3,(H4,23,24,25,26). The van der Waals surface area contributed by atoms with Gasteiger partial charge in [-0.3, -0.25) is 4.79 Å². The fourth-order valence-electron chi connectivity index (χ4n) is 3.08. The lowest BCUT2D eigenvalue weighted by Gasteiger charge is -2.13. The van der Waals surface area contributed by atoms with Crippen LogP contribution in [0.4, 0.5) is 11.8 Å². The lowest BCUT2D eigenvalue weighted by Crippen LogP contribution is -2.05. The Morgan fingerprint density at radius 2 is 1.83 bits per heavy atom. The first kappa shape index (κ1) is 23.3. The zero-order chi connectivity index (χ0) is 21.8. The van der Waals surface area contributed by atoms with Crippen LogP contribution in [0.15, 0.2) is 24.4 Å². The Hall–Kier alpha value is -3.03. The number of unbranched alkanes of at least 4 members (excludes halogenated alkanes) is 4. The number of rotatable bonds is 13. The molecule has 8 heteroatoms. The highest BCUT2D eigenvalue weighted by Gasteiger charge is 2.10. The number of nitrogens with zero attached hydrogens (tertiary/aromatic N) is 2. The largest absolute Gasteiger partial charge is 0.496 e. The third kappa shape index (κ3) is 7.77. The van der Waals surface area contributed by atoms with Crippen molar-refractivity contribution in [3.8, 4) is 11.5 Å². The predicted octanol–water partition coefficient (Wildman–Crippen LogP) is 3.52. The predicted molar refractivity (Wildman–Crippen MR) is 116 cm³/mol. The molecule has 1 heterocycles. The van der Waals surface area contributed by atoms with Crippen LogP contribution in [-0.4, -0.2) is 36.3 Å². The smallest absolute Gasteiger partial charge is 0.305 e. The Bertz CT molecular complexity index is 814. The minimum atomic E-state index is -0.108. The van der Waals surface area contributed by atoms with Gasteiger partial charge in [0.25, 0.3) is 0 Å². The molecule has 0 aliphatic carbocycles. The Balaban J connectivity index is 1.77. The zero-order valence-electron chi connectivity index (χ0n) is 17.9. The lowest BCUT2D eigenvalue weighted by atomic mass is 10.1. The van der Waals surface area contributed by atoms with E-state index in [0.29, 0.717) is 31.9 Å². The van der Waals surface area contributed by atoms with Crippen molar-refractivity contribution in [2.75, 3.05) is 31.8 Å². The van der Waals surface area contributed by atoms with Gasteiger partial charge in [-0.2, -0.15) is 4.98 Å². The summed E-state index contributed by atoms with van der Waals surface area (Å²) in [5.41, 5.74) is 13.2. The molecule has 30 heavy (non-hydrogen) atoms. The van der Waals surface area contributed by atoms with Crippen LogP contribution >= 0.6 is 0 Å². The molecule has 1 aromatic carbocycles. The maximum atomic E-state index is 11.3. The number of carbonyl (C=O) groups excluding carboxylic acids is 1. The number of anilines is 2. The van der Waals surface area contributed by atoms with Gasteiger partial charge < -0.3 is 25.7 Å². The minimum Gasteiger partial charge on any atom is -0.496 e. The molecule has 8 nitrogen and oxygen atoms in total. The number of carbonyl (C=O) groups is 1. The highest BCUT2D eigenvalue weighted by Crippen LogP contribution is 2.27. The van der Waals surface area contributed by atoms with E-state index in [2.05, 4.69) is 9.97 Å². The third-order valence-electron chi connectivity index (χ3n) is 4.65. The van der Waals surface area contributed by atoms with Gasteiger partial charge in [0.1, 0.15) is 17.3 Å². The Morgan fingerprint density at radius 3 is 2.57 bits per heavy atom. The second-order valence-corrected chi connectivity index (χ2v) is 6.96. The fourth-order valence-corrected chi connectivity index (χ4v) is 3.08. The fraction of sp³-hybridized carbons (Fsp3) is 0.500. The molecule has 0 saturated heterocycles. The molecule has 0 amide bonds. The summed E-state index contributed by atoms with van der Waals surface area (Å²) in [6, 6.07) is 5.73. The van der Waals surface area contributed by atoms with Gasteiger partial charge in [-0.05, 0) is 38.0 Å². The van der Waals surface area contributed by atoms with Crippen molar-refractivity contribution in [1.82, 2.24) is 9.97 Å². The van der Waals surface area contributed by atoms with Crippen molar-refractivity contribution in [1.29, 1.82) is 0 Å². The highest BCUT2D eigenvalue weighted by atomic mass is 16.5. The number of benzene rings is 1. The number of hydrogen-bond acceptors (Lipinski definition) is 8. The summed E-state index contributed by atoms with van der Waals surface area (Å²) in [7, 11) is 1.63. The first-order valence-electron chi connectivity index (χ1n) is 10.4. The van der Waals surface area contributed by atoms with E-state index in [1.165, 1.54) is 0 Å². The van der Waals surface area contributed by atoms with Gasteiger partial charge >= 0.3 is 5.97 Å². The Labute approximate surface area is 177 Å². The molecule has 2 rings (SSSR count). The van der Waals surface area contributed by atoms with Crippen LogP contribution in [0, 0.1) is 0 Å². The van der Waals surface area contributed by atoms with E-state index in [1.807, 2.05) is 25.1 Å². The molecule has 0 aliphatic heterocycles. The van der Waals surface area contributed by atoms with Crippen molar-refractivity contribution in [2.24, 2.45) is 0 Å². The van der Waals surface area contributed by atoms with Crippen LogP contribution < -0.4 is 20.9 Å². The average Bonchev–Trinajstić information content (AvgIpc) is 2.72. The van der Waals surface area contributed by atoms with Crippen molar-refractivity contribution in [3.05, 3.63) is 35.5 Å². The second kappa shape index (κ2) is 12.5. The minimum absolute atomic E-state index is 0.108. The SMILES string of the molecule is CCOC(=O)CCCCCCCOc1ccc(OC)c(Cc2cnc(N)nc2N)c1. The molecule has 2 aromatic rings. The number of esters is 1. The van der Waals surface area contributed by atoms with Gasteiger partial charge in [-0.1, -0.05) is 19.3 Å². The van der Waals surface area contributed by atoms with Crippen molar-refractivity contribution in [2.45, 2.75) is 51.9 Å². The summed E-state index contributed by atoms with van der Waals surface area (Å²) in [6.45, 7) is 2.91. The monoisotopic (exact) mass is 416 g/mol. The van der Waals surface area contributed by atoms with Gasteiger partial charge in [0, 0.05) is 30.2 Å². The molecule has 0 bridgehead atoms. The highest BCUT2D eigenvalue weighted by molar-refractivity contribution is 5.69. The van der Waals surface area contributed by atoms with Crippen molar-refractivity contribution in [3.63, 3.8) is 0 Å². The Kier molecular flexibility index (Phi) is 9.70. The van der Waals surface area contributed by atoms with Crippen LogP contribution in [0.2, 0.25) is 0 Å². The molecule has 0 spiro atoms. The van der Waals surface area contributed by atoms with Gasteiger partial charge in [0.15, 0.2) is 0 Å². The number of hydrogen-bond donors (Lipinski definition) is 2. The summed E-state index contributed by atoms with van der Waals surface area (Å²) in [5.74, 6) is 1.94. The van der Waals surface area contributed by atoms with Gasteiger partial charge in [-0.25, -0.2) is 4.98 Å². The van der Waals surface area contributed by atoms with E-state index in [-0.39, 0.29) is 11.9 Å². The second-order valence-electron chi connectivity index (χ2n) is 6.96. The van der Waals surface area contributed by atoms with E-state index < -0.39 is 0 Å². The molecular weight excluding hydrogens is 384 g/mol. The number of nitrogen functional groups attached to an aromatic ring is 2. The summed E-state index contributed by atoms with van der Waals surface area (Å²) in [6.07, 6.45) is 7.65. The van der Waals surface area contributed by atoms with Crippen LogP contribution in [-0.2, 0) is 16.0 Å². The summed E-state index contributed by atoms with van der Waals surface area (Å²) < 4.78 is 16.3. The van der Waals surface area contributed by atoms with Gasteiger partial charge in [0.05, 0.1) is 20.3 Å². The van der Waals surface area contributed by atoms with Crippen LogP contribution in [0.25, 0.3) is 0 Å². The quantitative estimate of drug-likeness (QED) is 0.375. The first-order chi connectivity index (χ1) is 14.5. The molecule has 0 fully saturated rings. The zero-order valence-corrected chi connectivity index (χ0v) is 17.9. The van der Waals surface area contributed by atoms with Gasteiger partial charge in [0.2, 0.25) is 5.95 Å². The van der Waals surface area contributed by atoms with E-state index in [9.17, 15) is 4.79 Å². The maximum Gasteiger partial charge on any atom is 0.305 e. The maximum absolute atomic E-state index is 11.3. The van der Waals surface area contributed by atoms with Crippen LogP contribution in [0.1, 0.15) is 56.6 Å². The molecular formula is C22H32N4O4. The van der Waals surface area contributed by atoms with Crippen molar-refractivity contribution < 1.29 is 19.0 Å². The molecule has 0 radical (unpaired) electrons. The summed E-state index contributed by atoms with van der Waals surface area (Å²) in [5, 5.41) is 0. The summed E-state index contributed by atoms with van der Waals surface area (Å²) in [4.78, 5) is 19.3. The first-order valence-corrected chi connectivity index (χ1v) is 10.4. The number of methoxy groups -OCH3 is 1. The normalized spacial score (nSPS) is 10.6. The average molecular weight is 417 g/mol. The van der Waals surface area contributed by atoms with Crippen molar-refractivity contribution >= 4 is 17.7 Å². The molecule has 0 atom stereocenters. The lowest BCUT2D eigenvalue weighted by molar-refractivity contribution is -0.143.